The zero-order valence-corrected chi connectivity index (χ0v) is 14.6. The van der Waals surface area contributed by atoms with Crippen molar-refractivity contribution in [2.24, 2.45) is 5.92 Å². The molecule has 0 bridgehead atoms. The van der Waals surface area contributed by atoms with E-state index in [1.807, 2.05) is 53.6 Å². The molecule has 4 nitrogen and oxygen atoms in total. The average Bonchev–Trinajstić information content (AvgIpc) is 3.12. The van der Waals surface area contributed by atoms with Crippen LogP contribution in [0.3, 0.4) is 0 Å². The topological polar surface area (TPSA) is 46.6 Å². The summed E-state index contributed by atoms with van der Waals surface area (Å²) in [6.45, 7) is 3.44. The molecule has 1 amide bonds. The molecule has 2 heterocycles. The number of hydrogen-bond donors (Lipinski definition) is 0. The Kier molecular flexibility index (Phi) is 5.30. The highest BCUT2D eigenvalue weighted by Gasteiger charge is 2.29. The Hall–Kier alpha value is -2.14. The van der Waals surface area contributed by atoms with Gasteiger partial charge in [-0.1, -0.05) is 30.3 Å². The molecule has 0 spiro atoms. The molecule has 3 rings (SSSR count). The SMILES string of the molecule is CCOC(=O)C1CCN(C(=O)c2sccc2-c2ccccc2)CC1. The molecular formula is C19H21NO3S. The van der Waals surface area contributed by atoms with Gasteiger partial charge in [0, 0.05) is 18.7 Å². The van der Waals surface area contributed by atoms with Crippen LogP contribution in [0.4, 0.5) is 0 Å². The zero-order valence-electron chi connectivity index (χ0n) is 13.7. The van der Waals surface area contributed by atoms with E-state index in [-0.39, 0.29) is 17.8 Å². The minimum Gasteiger partial charge on any atom is -0.466 e. The first kappa shape index (κ1) is 16.7. The standard InChI is InChI=1S/C19H21NO3S/c1-2-23-19(22)15-8-11-20(12-9-15)18(21)17-16(10-13-24-17)14-6-4-3-5-7-14/h3-7,10,13,15H,2,8-9,11-12H2,1H3. The predicted molar refractivity (Wildman–Crippen MR) is 95.0 cm³/mol. The maximum Gasteiger partial charge on any atom is 0.309 e. The average molecular weight is 343 g/mol. The Morgan fingerprint density at radius 1 is 1.17 bits per heavy atom. The number of ether oxygens (including phenoxy) is 1. The Bertz CT molecular complexity index is 702. The highest BCUT2D eigenvalue weighted by molar-refractivity contribution is 7.12. The van der Waals surface area contributed by atoms with Crippen molar-refractivity contribution >= 4 is 23.2 Å². The number of amides is 1. The molecule has 0 radical (unpaired) electrons. The summed E-state index contributed by atoms with van der Waals surface area (Å²) in [6, 6.07) is 12.0. The summed E-state index contributed by atoms with van der Waals surface area (Å²) in [5, 5.41) is 1.96. The molecule has 126 valence electrons. The van der Waals surface area contributed by atoms with Gasteiger partial charge in [-0.05, 0) is 36.8 Å². The van der Waals surface area contributed by atoms with E-state index in [1.54, 1.807) is 0 Å². The molecule has 1 aromatic carbocycles. The molecular weight excluding hydrogens is 322 g/mol. The van der Waals surface area contributed by atoms with Crippen LogP contribution in [-0.4, -0.2) is 36.5 Å². The molecule has 0 saturated carbocycles. The van der Waals surface area contributed by atoms with Gasteiger partial charge in [0.05, 0.1) is 17.4 Å². The summed E-state index contributed by atoms with van der Waals surface area (Å²) in [6.07, 6.45) is 1.35. The summed E-state index contributed by atoms with van der Waals surface area (Å²) in [5.74, 6) is -0.150. The van der Waals surface area contributed by atoms with Gasteiger partial charge in [0.15, 0.2) is 0 Å². The summed E-state index contributed by atoms with van der Waals surface area (Å²) < 4.78 is 5.09. The third kappa shape index (κ3) is 3.51. The molecule has 2 aromatic rings. The Balaban J connectivity index is 1.69. The predicted octanol–water partition coefficient (Wildman–Crippen LogP) is 3.83. The molecule has 1 aliphatic rings. The smallest absolute Gasteiger partial charge is 0.309 e. The van der Waals surface area contributed by atoms with Crippen LogP contribution in [-0.2, 0) is 9.53 Å². The minimum atomic E-state index is -0.134. The van der Waals surface area contributed by atoms with E-state index >= 15 is 0 Å². The van der Waals surface area contributed by atoms with Gasteiger partial charge in [0.2, 0.25) is 0 Å². The summed E-state index contributed by atoms with van der Waals surface area (Å²) in [7, 11) is 0. The molecule has 0 aliphatic carbocycles. The van der Waals surface area contributed by atoms with Crippen molar-refractivity contribution in [3.63, 3.8) is 0 Å². The van der Waals surface area contributed by atoms with Gasteiger partial charge in [0.25, 0.3) is 5.91 Å². The van der Waals surface area contributed by atoms with Gasteiger partial charge in [-0.25, -0.2) is 0 Å². The van der Waals surface area contributed by atoms with Crippen LogP contribution in [0.15, 0.2) is 41.8 Å². The van der Waals surface area contributed by atoms with Crippen LogP contribution in [0.1, 0.15) is 29.4 Å². The number of esters is 1. The van der Waals surface area contributed by atoms with Crippen molar-refractivity contribution in [1.82, 2.24) is 4.90 Å². The van der Waals surface area contributed by atoms with Gasteiger partial charge in [-0.2, -0.15) is 0 Å². The largest absolute Gasteiger partial charge is 0.466 e. The maximum atomic E-state index is 12.9. The number of thiophene rings is 1. The van der Waals surface area contributed by atoms with Crippen molar-refractivity contribution in [2.45, 2.75) is 19.8 Å². The van der Waals surface area contributed by atoms with Crippen LogP contribution in [0.5, 0.6) is 0 Å². The maximum absolute atomic E-state index is 12.9. The second kappa shape index (κ2) is 7.62. The summed E-state index contributed by atoms with van der Waals surface area (Å²) in [4.78, 5) is 27.3. The lowest BCUT2D eigenvalue weighted by atomic mass is 9.96. The third-order valence-corrected chi connectivity index (χ3v) is 5.25. The molecule has 5 heteroatoms. The number of likely N-dealkylation sites (tertiary alicyclic amines) is 1. The zero-order chi connectivity index (χ0) is 16.9. The molecule has 1 fully saturated rings. The minimum absolute atomic E-state index is 0.0613. The first-order valence-electron chi connectivity index (χ1n) is 8.29. The second-order valence-corrected chi connectivity index (χ2v) is 6.76. The summed E-state index contributed by atoms with van der Waals surface area (Å²) >= 11 is 1.48. The fourth-order valence-corrected chi connectivity index (χ4v) is 3.92. The van der Waals surface area contributed by atoms with Crippen LogP contribution in [0, 0.1) is 5.92 Å². The number of benzene rings is 1. The Labute approximate surface area is 146 Å². The molecule has 24 heavy (non-hydrogen) atoms. The van der Waals surface area contributed by atoms with Crippen molar-refractivity contribution < 1.29 is 14.3 Å². The van der Waals surface area contributed by atoms with Gasteiger partial charge >= 0.3 is 5.97 Å². The highest BCUT2D eigenvalue weighted by atomic mass is 32.1. The molecule has 1 saturated heterocycles. The molecule has 1 aliphatic heterocycles. The highest BCUT2D eigenvalue weighted by Crippen LogP contribution is 2.30. The monoisotopic (exact) mass is 343 g/mol. The number of carbonyl (C=O) groups excluding carboxylic acids is 2. The lowest BCUT2D eigenvalue weighted by Gasteiger charge is -2.30. The van der Waals surface area contributed by atoms with Crippen molar-refractivity contribution in [3.05, 3.63) is 46.7 Å². The van der Waals surface area contributed by atoms with E-state index in [9.17, 15) is 9.59 Å². The first-order valence-corrected chi connectivity index (χ1v) is 9.17. The van der Waals surface area contributed by atoms with E-state index in [0.717, 1.165) is 16.0 Å². The Morgan fingerprint density at radius 2 is 1.88 bits per heavy atom. The van der Waals surface area contributed by atoms with Gasteiger partial charge < -0.3 is 9.64 Å². The van der Waals surface area contributed by atoms with Gasteiger partial charge in [0.1, 0.15) is 0 Å². The molecule has 0 unspecified atom stereocenters. The molecule has 1 aromatic heterocycles. The summed E-state index contributed by atoms with van der Waals surface area (Å²) in [5.41, 5.74) is 2.04. The van der Waals surface area contributed by atoms with E-state index in [0.29, 0.717) is 32.5 Å². The van der Waals surface area contributed by atoms with Crippen molar-refractivity contribution in [3.8, 4) is 11.1 Å². The number of rotatable bonds is 4. The van der Waals surface area contributed by atoms with E-state index in [4.69, 9.17) is 4.74 Å². The van der Waals surface area contributed by atoms with Crippen LogP contribution in [0.25, 0.3) is 11.1 Å². The fourth-order valence-electron chi connectivity index (χ4n) is 3.04. The quantitative estimate of drug-likeness (QED) is 0.793. The number of carbonyl (C=O) groups is 2. The van der Waals surface area contributed by atoms with E-state index in [2.05, 4.69) is 0 Å². The lowest BCUT2D eigenvalue weighted by molar-refractivity contribution is -0.149. The number of nitrogens with zero attached hydrogens (tertiary/aromatic N) is 1. The first-order chi connectivity index (χ1) is 11.7. The Morgan fingerprint density at radius 3 is 2.54 bits per heavy atom. The van der Waals surface area contributed by atoms with Crippen LogP contribution >= 0.6 is 11.3 Å². The van der Waals surface area contributed by atoms with Gasteiger partial charge in [-0.15, -0.1) is 11.3 Å². The molecule has 0 N–H and O–H groups in total. The number of hydrogen-bond acceptors (Lipinski definition) is 4. The number of piperidine rings is 1. The molecule has 0 atom stereocenters. The third-order valence-electron chi connectivity index (χ3n) is 4.35. The second-order valence-electron chi connectivity index (χ2n) is 5.85. The van der Waals surface area contributed by atoms with Crippen LogP contribution < -0.4 is 0 Å². The van der Waals surface area contributed by atoms with Crippen molar-refractivity contribution in [2.75, 3.05) is 19.7 Å². The van der Waals surface area contributed by atoms with Crippen molar-refractivity contribution in [1.29, 1.82) is 0 Å². The van der Waals surface area contributed by atoms with Crippen LogP contribution in [0.2, 0.25) is 0 Å². The lowest BCUT2D eigenvalue weighted by Crippen LogP contribution is -2.40. The fraction of sp³-hybridized carbons (Fsp3) is 0.368. The normalized spacial score (nSPS) is 15.3. The van der Waals surface area contributed by atoms with Gasteiger partial charge in [-0.3, -0.25) is 9.59 Å². The van der Waals surface area contributed by atoms with E-state index < -0.39 is 0 Å². The van der Waals surface area contributed by atoms with E-state index in [1.165, 1.54) is 11.3 Å².